The largest absolute Gasteiger partial charge is 0.491 e. The summed E-state index contributed by atoms with van der Waals surface area (Å²) in [6, 6.07) is 18.1. The van der Waals surface area contributed by atoms with E-state index in [2.05, 4.69) is 16.0 Å². The second-order valence-electron chi connectivity index (χ2n) is 8.08. The Labute approximate surface area is 201 Å². The Bertz CT molecular complexity index is 1160. The summed E-state index contributed by atoms with van der Waals surface area (Å²) in [7, 11) is 0. The maximum absolute atomic E-state index is 12.9. The van der Waals surface area contributed by atoms with Crippen molar-refractivity contribution in [3.8, 4) is 5.75 Å². The fourth-order valence-electron chi connectivity index (χ4n) is 3.20. The van der Waals surface area contributed by atoms with Crippen molar-refractivity contribution in [3.63, 3.8) is 0 Å². The van der Waals surface area contributed by atoms with E-state index in [1.165, 1.54) is 24.3 Å². The van der Waals surface area contributed by atoms with E-state index in [0.29, 0.717) is 12.2 Å². The minimum atomic E-state index is -4.51. The highest BCUT2D eigenvalue weighted by Gasteiger charge is 2.30. The third-order valence-corrected chi connectivity index (χ3v) is 4.77. The van der Waals surface area contributed by atoms with Crippen molar-refractivity contribution in [1.29, 1.82) is 0 Å². The summed E-state index contributed by atoms with van der Waals surface area (Å²) in [5, 5.41) is 8.19. The van der Waals surface area contributed by atoms with Gasteiger partial charge in [0.1, 0.15) is 5.75 Å². The van der Waals surface area contributed by atoms with Crippen LogP contribution in [0, 0.1) is 0 Å². The Hall–Kier alpha value is -3.85. The summed E-state index contributed by atoms with van der Waals surface area (Å²) >= 11 is 0. The molecule has 6 nitrogen and oxygen atoms in total. The second-order valence-corrected chi connectivity index (χ2v) is 8.08. The van der Waals surface area contributed by atoms with Crippen LogP contribution in [-0.4, -0.2) is 24.5 Å². The third kappa shape index (κ3) is 8.15. The number of hydrogen-bond donors (Lipinski definition) is 3. The van der Waals surface area contributed by atoms with Gasteiger partial charge in [-0.05, 0) is 67.9 Å². The molecule has 0 aliphatic carbocycles. The number of nitrogens with one attached hydrogen (secondary N) is 3. The first-order chi connectivity index (χ1) is 16.6. The Morgan fingerprint density at radius 1 is 0.886 bits per heavy atom. The Morgan fingerprint density at radius 3 is 2.20 bits per heavy atom. The first-order valence-corrected chi connectivity index (χ1v) is 10.9. The van der Waals surface area contributed by atoms with Gasteiger partial charge in [0, 0.05) is 23.5 Å². The van der Waals surface area contributed by atoms with Crippen LogP contribution >= 0.6 is 0 Å². The highest BCUT2D eigenvalue weighted by Crippen LogP contribution is 2.30. The summed E-state index contributed by atoms with van der Waals surface area (Å²) in [5.74, 6) is -0.123. The molecule has 35 heavy (non-hydrogen) atoms. The van der Waals surface area contributed by atoms with Gasteiger partial charge in [0.05, 0.1) is 18.2 Å². The van der Waals surface area contributed by atoms with E-state index in [1.807, 2.05) is 38.1 Å². The summed E-state index contributed by atoms with van der Waals surface area (Å²) in [5.41, 5.74) is 0.735. The number of halogens is 3. The molecule has 0 fully saturated rings. The standard InChI is InChI=1S/C26H26F3N3O3/c1-17(2)35-23-11-9-18(10-12-23)15-30-16-24(33)31-21-7-3-5-19(13-21)25(34)32-22-8-4-6-20(14-22)26(27,28)29/h3-14,17,30H,15-16H2,1-2H3,(H,31,33)(H,32,34). The van der Waals surface area contributed by atoms with Gasteiger partial charge in [0.2, 0.25) is 5.91 Å². The third-order valence-electron chi connectivity index (χ3n) is 4.77. The molecule has 184 valence electrons. The highest BCUT2D eigenvalue weighted by molar-refractivity contribution is 6.05. The molecule has 0 aromatic heterocycles. The molecule has 0 saturated heterocycles. The average Bonchev–Trinajstić information content (AvgIpc) is 2.79. The monoisotopic (exact) mass is 485 g/mol. The quantitative estimate of drug-likeness (QED) is 0.375. The van der Waals surface area contributed by atoms with Crippen molar-refractivity contribution in [1.82, 2.24) is 5.32 Å². The Morgan fingerprint density at radius 2 is 1.54 bits per heavy atom. The van der Waals surface area contributed by atoms with E-state index in [4.69, 9.17) is 4.74 Å². The van der Waals surface area contributed by atoms with Gasteiger partial charge in [-0.15, -0.1) is 0 Å². The molecule has 3 aromatic carbocycles. The molecule has 2 amide bonds. The number of carbonyl (C=O) groups excluding carboxylic acids is 2. The van der Waals surface area contributed by atoms with Crippen LogP contribution in [-0.2, 0) is 17.5 Å². The van der Waals surface area contributed by atoms with Gasteiger partial charge in [-0.1, -0.05) is 24.3 Å². The maximum Gasteiger partial charge on any atom is 0.416 e. The van der Waals surface area contributed by atoms with Gasteiger partial charge < -0.3 is 20.7 Å². The molecule has 3 rings (SSSR count). The number of ether oxygens (including phenoxy) is 1. The van der Waals surface area contributed by atoms with Gasteiger partial charge in [0.25, 0.3) is 5.91 Å². The van der Waals surface area contributed by atoms with Crippen LogP contribution in [0.2, 0.25) is 0 Å². The smallest absolute Gasteiger partial charge is 0.416 e. The maximum atomic E-state index is 12.9. The molecular formula is C26H26F3N3O3. The SMILES string of the molecule is CC(C)Oc1ccc(CNCC(=O)Nc2cccc(C(=O)Nc3cccc(C(F)(F)F)c3)c2)cc1. The molecular weight excluding hydrogens is 459 g/mol. The lowest BCUT2D eigenvalue weighted by atomic mass is 10.1. The van der Waals surface area contributed by atoms with Crippen molar-refractivity contribution in [2.24, 2.45) is 0 Å². The van der Waals surface area contributed by atoms with E-state index in [9.17, 15) is 22.8 Å². The number of benzene rings is 3. The van der Waals surface area contributed by atoms with E-state index < -0.39 is 17.6 Å². The number of rotatable bonds is 9. The van der Waals surface area contributed by atoms with Crippen LogP contribution in [0.4, 0.5) is 24.5 Å². The van der Waals surface area contributed by atoms with Crippen molar-refractivity contribution in [2.75, 3.05) is 17.2 Å². The summed E-state index contributed by atoms with van der Waals surface area (Å²) in [4.78, 5) is 24.8. The molecule has 0 spiro atoms. The zero-order chi connectivity index (χ0) is 25.4. The van der Waals surface area contributed by atoms with Gasteiger partial charge in [0.15, 0.2) is 0 Å². The first-order valence-electron chi connectivity index (χ1n) is 10.9. The van der Waals surface area contributed by atoms with Crippen LogP contribution in [0.1, 0.15) is 35.3 Å². The lowest BCUT2D eigenvalue weighted by Crippen LogP contribution is -2.27. The fourth-order valence-corrected chi connectivity index (χ4v) is 3.20. The highest BCUT2D eigenvalue weighted by atomic mass is 19.4. The average molecular weight is 486 g/mol. The minimum absolute atomic E-state index is 0.0206. The van der Waals surface area contributed by atoms with Crippen LogP contribution in [0.3, 0.4) is 0 Å². The molecule has 3 N–H and O–H groups in total. The van der Waals surface area contributed by atoms with Crippen LogP contribution in [0.5, 0.6) is 5.75 Å². The first kappa shape index (κ1) is 25.8. The van der Waals surface area contributed by atoms with E-state index >= 15 is 0 Å². The Kier molecular flexibility index (Phi) is 8.48. The molecule has 0 atom stereocenters. The van der Waals surface area contributed by atoms with Crippen molar-refractivity contribution in [2.45, 2.75) is 32.7 Å². The second kappa shape index (κ2) is 11.5. The number of alkyl halides is 3. The molecule has 9 heteroatoms. The summed E-state index contributed by atoms with van der Waals surface area (Å²) < 4.78 is 44.2. The molecule has 0 saturated carbocycles. The number of anilines is 2. The normalized spacial score (nSPS) is 11.3. The number of carbonyl (C=O) groups is 2. The molecule has 0 heterocycles. The van der Waals surface area contributed by atoms with E-state index in [0.717, 1.165) is 23.4 Å². The number of amides is 2. The molecule has 0 radical (unpaired) electrons. The van der Waals surface area contributed by atoms with Crippen molar-refractivity contribution < 1.29 is 27.5 Å². The van der Waals surface area contributed by atoms with Gasteiger partial charge in [-0.25, -0.2) is 0 Å². The predicted octanol–water partition coefficient (Wildman–Crippen LogP) is 5.47. The lowest BCUT2D eigenvalue weighted by molar-refractivity contribution is -0.137. The van der Waals surface area contributed by atoms with Gasteiger partial charge in [-0.2, -0.15) is 13.2 Å². The topological polar surface area (TPSA) is 79.5 Å². The lowest BCUT2D eigenvalue weighted by Gasteiger charge is -2.11. The van der Waals surface area contributed by atoms with Crippen molar-refractivity contribution >= 4 is 23.2 Å². The van der Waals surface area contributed by atoms with E-state index in [-0.39, 0.29) is 29.8 Å². The van der Waals surface area contributed by atoms with Gasteiger partial charge in [-0.3, -0.25) is 9.59 Å². The molecule has 0 aliphatic rings. The fraction of sp³-hybridized carbons (Fsp3) is 0.231. The molecule has 0 bridgehead atoms. The van der Waals surface area contributed by atoms with E-state index in [1.54, 1.807) is 12.1 Å². The van der Waals surface area contributed by atoms with Crippen LogP contribution in [0.25, 0.3) is 0 Å². The van der Waals surface area contributed by atoms with Crippen LogP contribution in [0.15, 0.2) is 72.8 Å². The molecule has 0 unspecified atom stereocenters. The van der Waals surface area contributed by atoms with Gasteiger partial charge >= 0.3 is 6.18 Å². The zero-order valence-corrected chi connectivity index (χ0v) is 19.3. The molecule has 3 aromatic rings. The molecule has 0 aliphatic heterocycles. The zero-order valence-electron chi connectivity index (χ0n) is 19.3. The van der Waals surface area contributed by atoms with Crippen molar-refractivity contribution in [3.05, 3.63) is 89.5 Å². The number of hydrogen-bond acceptors (Lipinski definition) is 4. The Balaban J connectivity index is 1.51. The predicted molar refractivity (Wildman–Crippen MR) is 128 cm³/mol. The van der Waals surface area contributed by atoms with Crippen LogP contribution < -0.4 is 20.7 Å². The summed E-state index contributed by atoms with van der Waals surface area (Å²) in [6.45, 7) is 4.43. The minimum Gasteiger partial charge on any atom is -0.491 e. The summed E-state index contributed by atoms with van der Waals surface area (Å²) in [6.07, 6.45) is -4.42.